The zero-order valence-corrected chi connectivity index (χ0v) is 9.48. The van der Waals surface area contributed by atoms with Gasteiger partial charge in [-0.25, -0.2) is 0 Å². The van der Waals surface area contributed by atoms with Crippen LogP contribution in [0.25, 0.3) is 0 Å². The maximum atomic E-state index is 10.5. The summed E-state index contributed by atoms with van der Waals surface area (Å²) >= 11 is 5.93. The molecule has 3 rings (SSSR count). The number of rotatable bonds is 1. The van der Waals surface area contributed by atoms with Gasteiger partial charge in [-0.05, 0) is 42.4 Å². The van der Waals surface area contributed by atoms with E-state index in [2.05, 4.69) is 6.07 Å². The highest BCUT2D eigenvalue weighted by Crippen LogP contribution is 2.63. The van der Waals surface area contributed by atoms with Crippen LogP contribution in [0.3, 0.4) is 0 Å². The second kappa shape index (κ2) is 3.23. The molecule has 0 amide bonds. The highest BCUT2D eigenvalue weighted by atomic mass is 35.5. The predicted molar refractivity (Wildman–Crippen MR) is 60.7 cm³/mol. The van der Waals surface area contributed by atoms with Crippen molar-refractivity contribution in [2.75, 3.05) is 0 Å². The van der Waals surface area contributed by atoms with Gasteiger partial charge >= 0.3 is 0 Å². The van der Waals surface area contributed by atoms with E-state index in [0.717, 1.165) is 5.56 Å². The van der Waals surface area contributed by atoms with E-state index in [-0.39, 0.29) is 5.92 Å². The molecule has 2 saturated carbocycles. The Kier molecular flexibility index (Phi) is 2.04. The smallest absolute Gasteiger partial charge is 0.0903 e. The zero-order chi connectivity index (χ0) is 11.3. The normalized spacial score (nSPS) is 40.2. The Morgan fingerprint density at radius 2 is 2.06 bits per heavy atom. The lowest BCUT2D eigenvalue weighted by molar-refractivity contribution is 0.0283. The second-order valence-electron chi connectivity index (χ2n) is 4.93. The molecule has 2 nitrogen and oxygen atoms in total. The molecular formula is C13H12ClNO. The third kappa shape index (κ3) is 1.36. The average Bonchev–Trinajstić information content (AvgIpc) is 2.76. The third-order valence-electron chi connectivity index (χ3n) is 3.99. The number of fused-ring (bicyclic) bond motifs is 1. The van der Waals surface area contributed by atoms with Crippen molar-refractivity contribution in [2.45, 2.75) is 18.4 Å². The van der Waals surface area contributed by atoms with Crippen molar-refractivity contribution < 1.29 is 5.11 Å². The fourth-order valence-corrected chi connectivity index (χ4v) is 3.26. The summed E-state index contributed by atoms with van der Waals surface area (Å²) in [6.07, 6.45) is 1.41. The molecular weight excluding hydrogens is 222 g/mol. The van der Waals surface area contributed by atoms with E-state index in [0.29, 0.717) is 29.7 Å². The zero-order valence-electron chi connectivity index (χ0n) is 8.73. The molecule has 0 aromatic heterocycles. The van der Waals surface area contributed by atoms with Gasteiger partial charge in [0.05, 0.1) is 17.6 Å². The first-order valence-electron chi connectivity index (χ1n) is 5.52. The Morgan fingerprint density at radius 1 is 1.38 bits per heavy atom. The first kappa shape index (κ1) is 10.1. The lowest BCUT2D eigenvalue weighted by Crippen LogP contribution is -2.24. The average molecular weight is 234 g/mol. The van der Waals surface area contributed by atoms with Gasteiger partial charge in [0.2, 0.25) is 0 Å². The van der Waals surface area contributed by atoms with E-state index in [1.807, 2.05) is 24.3 Å². The van der Waals surface area contributed by atoms with Gasteiger partial charge in [-0.3, -0.25) is 0 Å². The van der Waals surface area contributed by atoms with Crippen molar-refractivity contribution in [3.63, 3.8) is 0 Å². The van der Waals surface area contributed by atoms with Crippen molar-refractivity contribution in [2.24, 2.45) is 17.8 Å². The second-order valence-corrected chi connectivity index (χ2v) is 5.37. The quantitative estimate of drug-likeness (QED) is 0.811. The summed E-state index contributed by atoms with van der Waals surface area (Å²) < 4.78 is 0. The minimum absolute atomic E-state index is 0.180. The molecule has 3 heteroatoms. The molecule has 2 fully saturated rings. The molecule has 1 aromatic rings. The Balaban J connectivity index is 1.85. The van der Waals surface area contributed by atoms with E-state index in [1.54, 1.807) is 0 Å². The lowest BCUT2D eigenvalue weighted by Gasteiger charge is -2.25. The number of nitriles is 1. The Hall–Kier alpha value is -1.04. The van der Waals surface area contributed by atoms with Crippen molar-refractivity contribution in [3.8, 4) is 6.07 Å². The number of nitrogens with zero attached hydrogens (tertiary/aromatic N) is 1. The summed E-state index contributed by atoms with van der Waals surface area (Å²) in [5.41, 5.74) is 0.136. The van der Waals surface area contributed by atoms with Gasteiger partial charge in [0.15, 0.2) is 0 Å². The molecule has 0 aliphatic heterocycles. The minimum atomic E-state index is -0.756. The molecule has 82 valence electrons. The minimum Gasteiger partial charge on any atom is -0.385 e. The van der Waals surface area contributed by atoms with E-state index in [9.17, 15) is 5.11 Å². The lowest BCUT2D eigenvalue weighted by atomic mass is 9.87. The van der Waals surface area contributed by atoms with Crippen LogP contribution in [-0.2, 0) is 5.60 Å². The molecule has 0 saturated heterocycles. The van der Waals surface area contributed by atoms with Crippen LogP contribution in [-0.4, -0.2) is 5.11 Å². The Morgan fingerprint density at radius 3 is 2.62 bits per heavy atom. The molecule has 1 N–H and O–H groups in total. The van der Waals surface area contributed by atoms with E-state index >= 15 is 0 Å². The van der Waals surface area contributed by atoms with Gasteiger partial charge in [0.25, 0.3) is 0 Å². The fraction of sp³-hybridized carbons (Fsp3) is 0.462. The maximum absolute atomic E-state index is 10.5. The Labute approximate surface area is 99.5 Å². The molecule has 16 heavy (non-hydrogen) atoms. The van der Waals surface area contributed by atoms with Crippen molar-refractivity contribution in [3.05, 3.63) is 34.9 Å². The van der Waals surface area contributed by atoms with Gasteiger partial charge in [-0.2, -0.15) is 5.26 Å². The van der Waals surface area contributed by atoms with Gasteiger partial charge in [0, 0.05) is 5.02 Å². The molecule has 2 unspecified atom stereocenters. The molecule has 0 heterocycles. The van der Waals surface area contributed by atoms with Crippen molar-refractivity contribution in [1.29, 1.82) is 5.26 Å². The molecule has 2 aliphatic carbocycles. The number of aliphatic hydroxyl groups is 1. The molecule has 0 bridgehead atoms. The summed E-state index contributed by atoms with van der Waals surface area (Å²) in [6, 6.07) is 9.72. The largest absolute Gasteiger partial charge is 0.385 e. The van der Waals surface area contributed by atoms with Crippen molar-refractivity contribution >= 4 is 11.6 Å². The van der Waals surface area contributed by atoms with Gasteiger partial charge in [0.1, 0.15) is 0 Å². The van der Waals surface area contributed by atoms with Gasteiger partial charge < -0.3 is 5.11 Å². The first-order chi connectivity index (χ1) is 7.64. The highest BCUT2D eigenvalue weighted by molar-refractivity contribution is 6.30. The SMILES string of the molecule is N#CC1[C@H]2CC(O)(c3cccc(Cl)c3)C[C@@H]12. The standard InChI is InChI=1S/C13H12ClNO/c14-9-3-1-2-8(4-9)13(16)5-10-11(6-13)12(10)7-15/h1-4,10-12,16H,5-6H2/t10-,11+,12?,13?. The van der Waals surface area contributed by atoms with Crippen LogP contribution in [0.5, 0.6) is 0 Å². The van der Waals surface area contributed by atoms with Crippen molar-refractivity contribution in [1.82, 2.24) is 0 Å². The molecule has 1 aromatic carbocycles. The maximum Gasteiger partial charge on any atom is 0.0903 e. The predicted octanol–water partition coefficient (Wildman–Crippen LogP) is 2.71. The molecule has 0 spiro atoms. The number of hydrogen-bond acceptors (Lipinski definition) is 2. The Bertz CT molecular complexity index is 467. The topological polar surface area (TPSA) is 44.0 Å². The monoisotopic (exact) mass is 233 g/mol. The van der Waals surface area contributed by atoms with Gasteiger partial charge in [-0.15, -0.1) is 0 Å². The summed E-state index contributed by atoms with van der Waals surface area (Å²) in [7, 11) is 0. The summed E-state index contributed by atoms with van der Waals surface area (Å²) in [4.78, 5) is 0. The molecule has 4 atom stereocenters. The number of halogens is 1. The highest BCUT2D eigenvalue weighted by Gasteiger charge is 2.61. The number of benzene rings is 1. The number of hydrogen-bond donors (Lipinski definition) is 1. The van der Waals surface area contributed by atoms with Crippen LogP contribution < -0.4 is 0 Å². The third-order valence-corrected chi connectivity index (χ3v) is 4.22. The van der Waals surface area contributed by atoms with E-state index in [1.165, 1.54) is 0 Å². The van der Waals surface area contributed by atoms with Crippen LogP contribution in [0.2, 0.25) is 5.02 Å². The summed E-state index contributed by atoms with van der Waals surface area (Å²) in [6.45, 7) is 0. The van der Waals surface area contributed by atoms with Crippen LogP contribution in [0, 0.1) is 29.1 Å². The van der Waals surface area contributed by atoms with E-state index < -0.39 is 5.60 Å². The van der Waals surface area contributed by atoms with Crippen LogP contribution in [0.15, 0.2) is 24.3 Å². The van der Waals surface area contributed by atoms with Gasteiger partial charge in [-0.1, -0.05) is 23.7 Å². The van der Waals surface area contributed by atoms with Crippen LogP contribution in [0.1, 0.15) is 18.4 Å². The first-order valence-corrected chi connectivity index (χ1v) is 5.90. The summed E-state index contributed by atoms with van der Waals surface area (Å²) in [5, 5.41) is 20.0. The van der Waals surface area contributed by atoms with Crippen LogP contribution in [0.4, 0.5) is 0 Å². The molecule has 2 aliphatic rings. The summed E-state index contributed by atoms with van der Waals surface area (Å²) in [5.74, 6) is 0.974. The van der Waals surface area contributed by atoms with E-state index in [4.69, 9.17) is 16.9 Å². The molecule has 0 radical (unpaired) electrons. The van der Waals surface area contributed by atoms with Crippen LogP contribution >= 0.6 is 11.6 Å². The fourth-order valence-electron chi connectivity index (χ4n) is 3.07.